The van der Waals surface area contributed by atoms with Gasteiger partial charge in [-0.15, -0.1) is 0 Å². The molecular formula is C9H11NO5. The molecule has 0 aliphatic heterocycles. The third-order valence-electron chi connectivity index (χ3n) is 1.25. The third kappa shape index (κ3) is 4.61. The maximum atomic E-state index is 10.2. The summed E-state index contributed by atoms with van der Waals surface area (Å²) in [4.78, 5) is 19.6. The van der Waals surface area contributed by atoms with Crippen LogP contribution in [-0.4, -0.2) is 16.2 Å². The van der Waals surface area contributed by atoms with Gasteiger partial charge in [0, 0.05) is 12.1 Å². The second-order valence-electron chi connectivity index (χ2n) is 2.12. The fourth-order valence-corrected chi connectivity index (χ4v) is 0.737. The van der Waals surface area contributed by atoms with E-state index in [0.717, 1.165) is 12.1 Å². The normalized spacial score (nSPS) is 8.40. The number of hydrogen-bond donors (Lipinski definition) is 1. The number of nitro groups is 1. The van der Waals surface area contributed by atoms with E-state index in [9.17, 15) is 14.9 Å². The summed E-state index contributed by atoms with van der Waals surface area (Å²) in [5.74, 6) is 0.0538. The molecule has 0 aliphatic carbocycles. The van der Waals surface area contributed by atoms with Crippen LogP contribution in [0, 0.1) is 10.1 Å². The summed E-state index contributed by atoms with van der Waals surface area (Å²) < 4.78 is 4.24. The van der Waals surface area contributed by atoms with Gasteiger partial charge in [0.2, 0.25) is 0 Å². The number of nitrogens with zero attached hydrogens (tertiary/aromatic N) is 1. The average Bonchev–Trinajstić information content (AvgIpc) is 2.20. The van der Waals surface area contributed by atoms with E-state index < -0.39 is 11.1 Å². The molecule has 15 heavy (non-hydrogen) atoms. The van der Waals surface area contributed by atoms with Gasteiger partial charge in [0.15, 0.2) is 0 Å². The molecule has 0 aromatic heterocycles. The topological polar surface area (TPSA) is 89.7 Å². The first-order chi connectivity index (χ1) is 7.09. The fourth-order valence-electron chi connectivity index (χ4n) is 0.737. The lowest BCUT2D eigenvalue weighted by Crippen LogP contribution is -2.02. The lowest BCUT2D eigenvalue weighted by atomic mass is 10.3. The first-order valence-electron chi connectivity index (χ1n) is 4.25. The minimum atomic E-state index is -1.45. The first kappa shape index (κ1) is 12.9. The summed E-state index contributed by atoms with van der Waals surface area (Å²) in [6.45, 7) is 4.00. The number of non-ortho nitro benzene ring substituents is 1. The molecular weight excluding hydrogens is 202 g/mol. The molecule has 6 nitrogen and oxygen atoms in total. The number of carbonyl (C=O) groups is 1. The van der Waals surface area contributed by atoms with Crippen molar-refractivity contribution in [3.8, 4) is 5.75 Å². The van der Waals surface area contributed by atoms with Crippen LogP contribution in [-0.2, 0) is 0 Å². The molecule has 0 saturated heterocycles. The Bertz CT molecular complexity index is 333. The largest absolute Gasteiger partial charge is 0.511 e. The maximum Gasteiger partial charge on any atom is 0.511 e. The van der Waals surface area contributed by atoms with Crippen molar-refractivity contribution in [2.45, 2.75) is 13.8 Å². The molecule has 1 aromatic rings. The van der Waals surface area contributed by atoms with Crippen molar-refractivity contribution in [2.24, 2.45) is 0 Å². The first-order valence-corrected chi connectivity index (χ1v) is 4.25. The molecule has 1 rings (SSSR count). The van der Waals surface area contributed by atoms with Gasteiger partial charge in [-0.05, 0) is 12.1 Å². The number of hydrogen-bond acceptors (Lipinski definition) is 4. The Balaban J connectivity index is 0.000000921. The molecule has 1 aromatic carbocycles. The Morgan fingerprint density at radius 1 is 1.33 bits per heavy atom. The second-order valence-corrected chi connectivity index (χ2v) is 2.12. The molecule has 0 saturated carbocycles. The molecule has 0 amide bonds. The van der Waals surface area contributed by atoms with Crippen LogP contribution in [0.5, 0.6) is 5.75 Å². The maximum absolute atomic E-state index is 10.2. The Hall–Kier alpha value is -2.11. The standard InChI is InChI=1S/C7H5NO5.C2H6/c9-7(10)13-6-3-1-5(2-4-6)8(11)12;1-2/h1-4H,(H,9,10);1-2H3. The van der Waals surface area contributed by atoms with Crippen molar-refractivity contribution in [2.75, 3.05) is 0 Å². The monoisotopic (exact) mass is 213 g/mol. The molecule has 0 aliphatic rings. The van der Waals surface area contributed by atoms with Gasteiger partial charge in [-0.1, -0.05) is 13.8 Å². The van der Waals surface area contributed by atoms with E-state index in [1.165, 1.54) is 12.1 Å². The zero-order chi connectivity index (χ0) is 11.8. The predicted octanol–water partition coefficient (Wildman–Crippen LogP) is 2.68. The number of rotatable bonds is 2. The minimum absolute atomic E-state index is 0.0538. The van der Waals surface area contributed by atoms with Gasteiger partial charge in [0.05, 0.1) is 4.92 Å². The molecule has 0 fully saturated rings. The van der Waals surface area contributed by atoms with Gasteiger partial charge in [0.1, 0.15) is 5.75 Å². The van der Waals surface area contributed by atoms with Crippen molar-refractivity contribution in [1.82, 2.24) is 0 Å². The summed E-state index contributed by atoms with van der Waals surface area (Å²) in [5, 5.41) is 18.4. The van der Waals surface area contributed by atoms with Gasteiger partial charge in [-0.25, -0.2) is 4.79 Å². The predicted molar refractivity (Wildman–Crippen MR) is 53.1 cm³/mol. The van der Waals surface area contributed by atoms with E-state index >= 15 is 0 Å². The molecule has 0 heterocycles. The molecule has 0 radical (unpaired) electrons. The fraction of sp³-hybridized carbons (Fsp3) is 0.222. The van der Waals surface area contributed by atoms with Crippen molar-refractivity contribution in [1.29, 1.82) is 0 Å². The summed E-state index contributed by atoms with van der Waals surface area (Å²) in [7, 11) is 0. The molecule has 0 atom stereocenters. The van der Waals surface area contributed by atoms with Gasteiger partial charge >= 0.3 is 6.16 Å². The summed E-state index contributed by atoms with van der Waals surface area (Å²) >= 11 is 0. The molecule has 1 N–H and O–H groups in total. The summed E-state index contributed by atoms with van der Waals surface area (Å²) in [6, 6.07) is 4.76. The summed E-state index contributed by atoms with van der Waals surface area (Å²) in [6.07, 6.45) is -1.45. The van der Waals surface area contributed by atoms with Crippen molar-refractivity contribution >= 4 is 11.8 Å². The van der Waals surface area contributed by atoms with Crippen LogP contribution in [0.2, 0.25) is 0 Å². The van der Waals surface area contributed by atoms with Crippen LogP contribution >= 0.6 is 0 Å². The van der Waals surface area contributed by atoms with Gasteiger partial charge < -0.3 is 9.84 Å². The number of benzene rings is 1. The van der Waals surface area contributed by atoms with E-state index in [4.69, 9.17) is 5.11 Å². The number of nitro benzene ring substituents is 1. The van der Waals surface area contributed by atoms with Gasteiger partial charge in [0.25, 0.3) is 5.69 Å². The highest BCUT2D eigenvalue weighted by molar-refractivity contribution is 5.61. The summed E-state index contributed by atoms with van der Waals surface area (Å²) in [5.41, 5.74) is -0.113. The van der Waals surface area contributed by atoms with Crippen LogP contribution in [0.1, 0.15) is 13.8 Å². The minimum Gasteiger partial charge on any atom is -0.449 e. The van der Waals surface area contributed by atoms with E-state index in [1.54, 1.807) is 0 Å². The zero-order valence-electron chi connectivity index (χ0n) is 8.34. The molecule has 6 heteroatoms. The number of ether oxygens (including phenoxy) is 1. The Morgan fingerprint density at radius 3 is 2.13 bits per heavy atom. The van der Waals surface area contributed by atoms with Crippen molar-refractivity contribution < 1.29 is 19.6 Å². The highest BCUT2D eigenvalue weighted by atomic mass is 16.7. The molecule has 0 bridgehead atoms. The van der Waals surface area contributed by atoms with Gasteiger partial charge in [-0.3, -0.25) is 10.1 Å². The zero-order valence-corrected chi connectivity index (χ0v) is 8.34. The Kier molecular flexibility index (Phi) is 5.47. The molecule has 82 valence electrons. The van der Waals surface area contributed by atoms with Crippen LogP contribution < -0.4 is 4.74 Å². The van der Waals surface area contributed by atoms with Crippen LogP contribution in [0.15, 0.2) is 24.3 Å². The Morgan fingerprint density at radius 2 is 1.80 bits per heavy atom. The van der Waals surface area contributed by atoms with E-state index in [2.05, 4.69) is 4.74 Å². The SMILES string of the molecule is CC.O=C(O)Oc1ccc([N+](=O)[O-])cc1. The lowest BCUT2D eigenvalue weighted by Gasteiger charge is -1.97. The van der Waals surface area contributed by atoms with E-state index in [0.29, 0.717) is 0 Å². The highest BCUT2D eigenvalue weighted by Gasteiger charge is 2.05. The van der Waals surface area contributed by atoms with E-state index in [-0.39, 0.29) is 11.4 Å². The Labute approximate surface area is 86.3 Å². The van der Waals surface area contributed by atoms with Crippen molar-refractivity contribution in [3.63, 3.8) is 0 Å². The quantitative estimate of drug-likeness (QED) is 0.353. The van der Waals surface area contributed by atoms with Gasteiger partial charge in [-0.2, -0.15) is 0 Å². The smallest absolute Gasteiger partial charge is 0.449 e. The second kappa shape index (κ2) is 6.36. The van der Waals surface area contributed by atoms with Crippen LogP contribution in [0.25, 0.3) is 0 Å². The average molecular weight is 213 g/mol. The van der Waals surface area contributed by atoms with Crippen LogP contribution in [0.3, 0.4) is 0 Å². The van der Waals surface area contributed by atoms with Crippen LogP contribution in [0.4, 0.5) is 10.5 Å². The lowest BCUT2D eigenvalue weighted by molar-refractivity contribution is -0.384. The van der Waals surface area contributed by atoms with E-state index in [1.807, 2.05) is 13.8 Å². The molecule has 0 unspecified atom stereocenters. The number of carboxylic acid groups (broad SMARTS) is 1. The third-order valence-corrected chi connectivity index (χ3v) is 1.25. The van der Waals surface area contributed by atoms with Crippen molar-refractivity contribution in [3.05, 3.63) is 34.4 Å². The highest BCUT2D eigenvalue weighted by Crippen LogP contribution is 2.17. The molecule has 0 spiro atoms.